The molecule has 2 heterocycles. The lowest BCUT2D eigenvalue weighted by Gasteiger charge is -2.38. The molecule has 1 N–H and O–H groups in total. The minimum absolute atomic E-state index is 0.304. The van der Waals surface area contributed by atoms with E-state index >= 15 is 0 Å². The van der Waals surface area contributed by atoms with Crippen LogP contribution in [-0.2, 0) is 9.47 Å². The van der Waals surface area contributed by atoms with Crippen LogP contribution in [-0.4, -0.2) is 32.1 Å². The van der Waals surface area contributed by atoms with Crippen LogP contribution in [0.3, 0.4) is 0 Å². The highest BCUT2D eigenvalue weighted by Crippen LogP contribution is 2.33. The van der Waals surface area contributed by atoms with Crippen molar-refractivity contribution >= 4 is 11.4 Å². The third kappa shape index (κ3) is 2.53. The normalized spacial score (nSPS) is 21.3. The van der Waals surface area contributed by atoms with Crippen molar-refractivity contribution in [3.63, 3.8) is 0 Å². The Hall–Kier alpha value is -1.70. The van der Waals surface area contributed by atoms with Crippen molar-refractivity contribution in [2.24, 2.45) is 0 Å². The number of rotatable bonds is 2. The minimum Gasteiger partial charge on any atom is -0.371 e. The van der Waals surface area contributed by atoms with Gasteiger partial charge in [-0.2, -0.15) is 0 Å². The number of piperidine rings is 1. The second-order valence-electron chi connectivity index (χ2n) is 4.91. The van der Waals surface area contributed by atoms with E-state index in [1.807, 2.05) is 12.1 Å². The number of nitrogens with one attached hydrogen (secondary N) is 1. The average Bonchev–Trinajstić information content (AvgIpc) is 2.90. The Morgan fingerprint density at radius 1 is 1.11 bits per heavy atom. The van der Waals surface area contributed by atoms with Crippen LogP contribution in [0.5, 0.6) is 0 Å². The number of benzene rings is 1. The molecule has 4 heteroatoms. The predicted octanol–water partition coefficient (Wildman–Crippen LogP) is 2.03. The molecule has 0 atom stereocenters. The Labute approximate surface area is 113 Å². The average molecular weight is 258 g/mol. The molecule has 2 fully saturated rings. The summed E-state index contributed by atoms with van der Waals surface area (Å²) >= 11 is 0. The zero-order valence-electron chi connectivity index (χ0n) is 10.9. The molecule has 4 nitrogen and oxygen atoms in total. The molecule has 0 saturated carbocycles. The number of ether oxygens (including phenoxy) is 2. The molecule has 2 saturated heterocycles. The van der Waals surface area contributed by atoms with Gasteiger partial charge in [0.25, 0.3) is 0 Å². The molecule has 0 aromatic heterocycles. The maximum Gasteiger partial charge on any atom is 0.171 e. The Balaban J connectivity index is 1.63. The van der Waals surface area contributed by atoms with Crippen molar-refractivity contribution in [1.82, 2.24) is 0 Å². The largest absolute Gasteiger partial charge is 0.371 e. The SMILES string of the molecule is C#CNc1ccc(N2CCC3(CC2)OCCO3)cc1. The van der Waals surface area contributed by atoms with E-state index in [9.17, 15) is 0 Å². The highest BCUT2D eigenvalue weighted by atomic mass is 16.7. The van der Waals surface area contributed by atoms with Crippen LogP contribution in [0.2, 0.25) is 0 Å². The number of hydrogen-bond acceptors (Lipinski definition) is 4. The second kappa shape index (κ2) is 5.12. The second-order valence-corrected chi connectivity index (χ2v) is 4.91. The van der Waals surface area contributed by atoms with Gasteiger partial charge in [-0.3, -0.25) is 0 Å². The highest BCUT2D eigenvalue weighted by Gasteiger charge is 2.39. The lowest BCUT2D eigenvalue weighted by Crippen LogP contribution is -2.45. The minimum atomic E-state index is -0.304. The molecule has 1 aromatic rings. The zero-order valence-corrected chi connectivity index (χ0v) is 10.9. The maximum atomic E-state index is 5.74. The molecule has 19 heavy (non-hydrogen) atoms. The molecule has 1 aromatic carbocycles. The van der Waals surface area contributed by atoms with Gasteiger partial charge in [-0.1, -0.05) is 6.42 Å². The third-order valence-corrected chi connectivity index (χ3v) is 3.79. The van der Waals surface area contributed by atoms with Crippen LogP contribution in [0.25, 0.3) is 0 Å². The number of anilines is 2. The van der Waals surface area contributed by atoms with Crippen LogP contribution in [0.1, 0.15) is 12.8 Å². The van der Waals surface area contributed by atoms with Gasteiger partial charge in [0.2, 0.25) is 0 Å². The van der Waals surface area contributed by atoms with E-state index in [2.05, 4.69) is 28.4 Å². The fourth-order valence-corrected chi connectivity index (χ4v) is 2.73. The van der Waals surface area contributed by atoms with Crippen molar-refractivity contribution in [1.29, 1.82) is 0 Å². The summed E-state index contributed by atoms with van der Waals surface area (Å²) in [7, 11) is 0. The van der Waals surface area contributed by atoms with E-state index in [0.29, 0.717) is 0 Å². The van der Waals surface area contributed by atoms with Gasteiger partial charge in [0.05, 0.1) is 13.2 Å². The van der Waals surface area contributed by atoms with Crippen LogP contribution in [0, 0.1) is 12.5 Å². The third-order valence-electron chi connectivity index (χ3n) is 3.79. The molecule has 0 amide bonds. The summed E-state index contributed by atoms with van der Waals surface area (Å²) < 4.78 is 11.5. The fraction of sp³-hybridized carbons (Fsp3) is 0.467. The number of nitrogens with zero attached hydrogens (tertiary/aromatic N) is 1. The van der Waals surface area contributed by atoms with Gasteiger partial charge in [-0.05, 0) is 24.3 Å². The molecule has 0 aliphatic carbocycles. The van der Waals surface area contributed by atoms with Crippen LogP contribution < -0.4 is 10.2 Å². The van der Waals surface area contributed by atoms with Crippen molar-refractivity contribution in [3.8, 4) is 12.5 Å². The molecule has 0 radical (unpaired) electrons. The lowest BCUT2D eigenvalue weighted by molar-refractivity contribution is -0.169. The van der Waals surface area contributed by atoms with E-state index in [0.717, 1.165) is 44.8 Å². The molecule has 1 spiro atoms. The Bertz CT molecular complexity index is 462. The van der Waals surface area contributed by atoms with Crippen LogP contribution in [0.4, 0.5) is 11.4 Å². The maximum absolute atomic E-state index is 5.74. The van der Waals surface area contributed by atoms with E-state index in [-0.39, 0.29) is 5.79 Å². The van der Waals surface area contributed by atoms with Gasteiger partial charge >= 0.3 is 0 Å². The molecule has 0 bridgehead atoms. The number of hydrogen-bond donors (Lipinski definition) is 1. The molecule has 2 aliphatic heterocycles. The van der Waals surface area contributed by atoms with E-state index in [1.54, 1.807) is 0 Å². The quantitative estimate of drug-likeness (QED) is 0.650. The first kappa shape index (κ1) is 12.3. The summed E-state index contributed by atoms with van der Waals surface area (Å²) in [5.41, 5.74) is 2.16. The topological polar surface area (TPSA) is 33.7 Å². The predicted molar refractivity (Wildman–Crippen MR) is 75.0 cm³/mol. The van der Waals surface area contributed by atoms with Gasteiger partial charge in [-0.15, -0.1) is 0 Å². The smallest absolute Gasteiger partial charge is 0.171 e. The molecular weight excluding hydrogens is 240 g/mol. The summed E-state index contributed by atoms with van der Waals surface area (Å²) in [5.74, 6) is -0.304. The van der Waals surface area contributed by atoms with Crippen molar-refractivity contribution in [3.05, 3.63) is 24.3 Å². The standard InChI is InChI=1S/C15H18N2O2/c1-2-16-13-3-5-14(6-4-13)17-9-7-15(8-10-17)18-11-12-19-15/h1,3-6,16H,7-12H2. The molecule has 2 aliphatic rings. The van der Waals surface area contributed by atoms with Crippen molar-refractivity contribution in [2.45, 2.75) is 18.6 Å². The first-order chi connectivity index (χ1) is 9.31. The lowest BCUT2D eigenvalue weighted by atomic mass is 10.0. The Kier molecular flexibility index (Phi) is 3.33. The van der Waals surface area contributed by atoms with E-state index in [4.69, 9.17) is 15.9 Å². The first-order valence-corrected chi connectivity index (χ1v) is 6.66. The summed E-state index contributed by atoms with van der Waals surface area (Å²) in [5, 5.41) is 2.85. The van der Waals surface area contributed by atoms with Crippen LogP contribution >= 0.6 is 0 Å². The van der Waals surface area contributed by atoms with Crippen LogP contribution in [0.15, 0.2) is 24.3 Å². The monoisotopic (exact) mass is 258 g/mol. The molecule has 100 valence electrons. The van der Waals surface area contributed by atoms with E-state index < -0.39 is 0 Å². The van der Waals surface area contributed by atoms with E-state index in [1.165, 1.54) is 5.69 Å². The van der Waals surface area contributed by atoms with Gasteiger partial charge in [0, 0.05) is 43.4 Å². The van der Waals surface area contributed by atoms with Gasteiger partial charge in [-0.25, -0.2) is 0 Å². The molecule has 0 unspecified atom stereocenters. The summed E-state index contributed by atoms with van der Waals surface area (Å²) in [4.78, 5) is 2.36. The van der Waals surface area contributed by atoms with Gasteiger partial charge in [0.1, 0.15) is 0 Å². The summed E-state index contributed by atoms with van der Waals surface area (Å²) in [6, 6.07) is 10.6. The van der Waals surface area contributed by atoms with Crippen molar-refractivity contribution < 1.29 is 9.47 Å². The highest BCUT2D eigenvalue weighted by molar-refractivity contribution is 5.56. The Morgan fingerprint density at radius 2 is 1.74 bits per heavy atom. The Morgan fingerprint density at radius 3 is 2.32 bits per heavy atom. The fourth-order valence-electron chi connectivity index (χ4n) is 2.73. The zero-order chi connectivity index (χ0) is 13.1. The summed E-state index contributed by atoms with van der Waals surface area (Å²) in [6.45, 7) is 3.38. The first-order valence-electron chi connectivity index (χ1n) is 6.66. The van der Waals surface area contributed by atoms with Crippen molar-refractivity contribution in [2.75, 3.05) is 36.5 Å². The van der Waals surface area contributed by atoms with Gasteiger partial charge < -0.3 is 19.7 Å². The summed E-state index contributed by atoms with van der Waals surface area (Å²) in [6.07, 6.45) is 7.06. The van der Waals surface area contributed by atoms with Gasteiger partial charge in [0.15, 0.2) is 5.79 Å². The molecular formula is C15H18N2O2. The molecule has 3 rings (SSSR count). The number of terminal acetylenes is 1.